The van der Waals surface area contributed by atoms with Gasteiger partial charge in [0.1, 0.15) is 0 Å². The number of benzene rings is 1. The fraction of sp³-hybridized carbons (Fsp3) is 0.571. The molecule has 104 valence electrons. The third-order valence-corrected chi connectivity index (χ3v) is 3.78. The number of halogens is 3. The summed E-state index contributed by atoms with van der Waals surface area (Å²) in [4.78, 5) is 0. The molecule has 2 atom stereocenters. The molecule has 5 heteroatoms. The van der Waals surface area contributed by atoms with Crippen molar-refractivity contribution < 1.29 is 17.9 Å². The molecule has 2 nitrogen and oxygen atoms in total. The minimum absolute atomic E-state index is 0.0556. The Kier molecular flexibility index (Phi) is 3.27. The molecule has 1 heterocycles. The highest BCUT2D eigenvalue weighted by molar-refractivity contribution is 5.32. The summed E-state index contributed by atoms with van der Waals surface area (Å²) in [6, 6.07) is 5.69. The van der Waals surface area contributed by atoms with Crippen molar-refractivity contribution >= 4 is 0 Å². The van der Waals surface area contributed by atoms with Crippen LogP contribution in [0, 0.1) is 5.92 Å². The van der Waals surface area contributed by atoms with Gasteiger partial charge in [-0.3, -0.25) is 0 Å². The molecule has 3 rings (SSSR count). The van der Waals surface area contributed by atoms with Crippen LogP contribution in [0.25, 0.3) is 0 Å². The Hall–Kier alpha value is -1.07. The fourth-order valence-corrected chi connectivity index (χ4v) is 2.63. The summed E-state index contributed by atoms with van der Waals surface area (Å²) in [7, 11) is 0. The second-order valence-electron chi connectivity index (χ2n) is 5.24. The summed E-state index contributed by atoms with van der Waals surface area (Å²) in [5, 5.41) is 3.19. The molecule has 1 aliphatic carbocycles. The largest absolute Gasteiger partial charge is 0.416 e. The van der Waals surface area contributed by atoms with E-state index in [-0.39, 0.29) is 11.7 Å². The second-order valence-corrected chi connectivity index (χ2v) is 5.24. The van der Waals surface area contributed by atoms with Gasteiger partial charge in [-0.25, -0.2) is 0 Å². The summed E-state index contributed by atoms with van der Waals surface area (Å²) >= 11 is 0. The number of ether oxygens (including phenoxy) is 1. The number of nitrogens with one attached hydrogen (secondary N) is 1. The molecule has 0 spiro atoms. The van der Waals surface area contributed by atoms with Gasteiger partial charge in [0.2, 0.25) is 0 Å². The highest BCUT2D eigenvalue weighted by Gasteiger charge is 2.39. The minimum atomic E-state index is -4.33. The zero-order chi connectivity index (χ0) is 13.5. The lowest BCUT2D eigenvalue weighted by atomic mass is 10.00. The van der Waals surface area contributed by atoms with Gasteiger partial charge in [-0.05, 0) is 30.4 Å². The fourth-order valence-electron chi connectivity index (χ4n) is 2.63. The van der Waals surface area contributed by atoms with Crippen LogP contribution in [0.3, 0.4) is 0 Å². The molecular weight excluding hydrogens is 255 g/mol. The van der Waals surface area contributed by atoms with Gasteiger partial charge in [-0.15, -0.1) is 0 Å². The number of hydrogen-bond donors (Lipinski definition) is 1. The zero-order valence-corrected chi connectivity index (χ0v) is 10.4. The number of rotatable bonds is 2. The van der Waals surface area contributed by atoms with Crippen LogP contribution in [-0.4, -0.2) is 19.2 Å². The van der Waals surface area contributed by atoms with Crippen LogP contribution in [0.2, 0.25) is 0 Å². The van der Waals surface area contributed by atoms with Gasteiger partial charge in [0, 0.05) is 13.1 Å². The Balaban J connectivity index is 1.84. The third kappa shape index (κ3) is 2.77. The second kappa shape index (κ2) is 4.80. The van der Waals surface area contributed by atoms with E-state index in [2.05, 4.69) is 5.32 Å². The van der Waals surface area contributed by atoms with Gasteiger partial charge < -0.3 is 10.1 Å². The van der Waals surface area contributed by atoms with E-state index < -0.39 is 17.8 Å². The first-order chi connectivity index (χ1) is 9.05. The van der Waals surface area contributed by atoms with E-state index in [4.69, 9.17) is 4.74 Å². The lowest BCUT2D eigenvalue weighted by Gasteiger charge is -2.32. The summed E-state index contributed by atoms with van der Waals surface area (Å²) < 4.78 is 44.9. The van der Waals surface area contributed by atoms with E-state index in [9.17, 15) is 13.2 Å². The van der Waals surface area contributed by atoms with Crippen molar-refractivity contribution in [3.63, 3.8) is 0 Å². The molecule has 1 N–H and O–H groups in total. The smallest absolute Gasteiger partial charge is 0.367 e. The quantitative estimate of drug-likeness (QED) is 0.892. The Bertz CT molecular complexity index is 456. The van der Waals surface area contributed by atoms with Crippen molar-refractivity contribution in [1.29, 1.82) is 0 Å². The Morgan fingerprint density at radius 3 is 2.53 bits per heavy atom. The molecule has 2 unspecified atom stereocenters. The topological polar surface area (TPSA) is 21.3 Å². The summed E-state index contributed by atoms with van der Waals surface area (Å²) in [6.07, 6.45) is -2.52. The van der Waals surface area contributed by atoms with Gasteiger partial charge in [-0.1, -0.05) is 18.2 Å². The molecule has 0 aromatic heterocycles. The molecular formula is C14H16F3NO. The van der Waals surface area contributed by atoms with Gasteiger partial charge in [0.05, 0.1) is 17.8 Å². The van der Waals surface area contributed by atoms with Gasteiger partial charge in [-0.2, -0.15) is 13.2 Å². The SMILES string of the molecule is FC(F)(F)c1ccccc1C1CNCC(C2CC2)O1. The molecule has 1 aromatic carbocycles. The van der Waals surface area contributed by atoms with Gasteiger partial charge >= 0.3 is 6.18 Å². The lowest BCUT2D eigenvalue weighted by molar-refractivity contribution is -0.140. The zero-order valence-electron chi connectivity index (χ0n) is 10.4. The average Bonchev–Trinajstić information content (AvgIpc) is 3.22. The van der Waals surface area contributed by atoms with E-state index in [0.29, 0.717) is 12.5 Å². The van der Waals surface area contributed by atoms with E-state index in [1.165, 1.54) is 12.1 Å². The van der Waals surface area contributed by atoms with Crippen molar-refractivity contribution in [2.75, 3.05) is 13.1 Å². The first-order valence-corrected chi connectivity index (χ1v) is 6.58. The Labute approximate surface area is 109 Å². The maximum Gasteiger partial charge on any atom is 0.416 e. The average molecular weight is 271 g/mol. The van der Waals surface area contributed by atoms with Crippen molar-refractivity contribution in [2.24, 2.45) is 5.92 Å². The van der Waals surface area contributed by atoms with Crippen molar-refractivity contribution in [2.45, 2.75) is 31.2 Å². The Morgan fingerprint density at radius 2 is 1.84 bits per heavy atom. The number of hydrogen-bond acceptors (Lipinski definition) is 2. The number of alkyl halides is 3. The molecule has 0 amide bonds. The van der Waals surface area contributed by atoms with Crippen molar-refractivity contribution in [3.05, 3.63) is 35.4 Å². The highest BCUT2D eigenvalue weighted by Crippen LogP contribution is 2.40. The minimum Gasteiger partial charge on any atom is -0.367 e. The van der Waals surface area contributed by atoms with Crippen LogP contribution >= 0.6 is 0 Å². The third-order valence-electron chi connectivity index (χ3n) is 3.78. The molecule has 1 saturated heterocycles. The molecule has 1 aliphatic heterocycles. The molecule has 19 heavy (non-hydrogen) atoms. The summed E-state index contributed by atoms with van der Waals surface area (Å²) in [5.41, 5.74) is -0.342. The predicted molar refractivity (Wildman–Crippen MR) is 64.7 cm³/mol. The maximum absolute atomic E-state index is 13.0. The Morgan fingerprint density at radius 1 is 1.11 bits per heavy atom. The standard InChI is InChI=1S/C14H16F3NO/c15-14(16,17)11-4-2-1-3-10(11)13-8-18-7-12(19-13)9-5-6-9/h1-4,9,12-13,18H,5-8H2. The van der Waals surface area contributed by atoms with Gasteiger partial charge in [0.25, 0.3) is 0 Å². The molecule has 2 fully saturated rings. The lowest BCUT2D eigenvalue weighted by Crippen LogP contribution is -2.42. The molecule has 1 saturated carbocycles. The normalized spacial score (nSPS) is 28.4. The van der Waals surface area contributed by atoms with Crippen LogP contribution in [0.1, 0.15) is 30.1 Å². The number of morpholine rings is 1. The van der Waals surface area contributed by atoms with Crippen molar-refractivity contribution in [3.8, 4) is 0 Å². The molecule has 0 radical (unpaired) electrons. The van der Waals surface area contributed by atoms with E-state index >= 15 is 0 Å². The van der Waals surface area contributed by atoms with E-state index in [0.717, 1.165) is 25.5 Å². The molecule has 1 aromatic rings. The van der Waals surface area contributed by atoms with Crippen LogP contribution in [0.5, 0.6) is 0 Å². The van der Waals surface area contributed by atoms with Crippen LogP contribution in [0.15, 0.2) is 24.3 Å². The predicted octanol–water partition coefficient (Wildman–Crippen LogP) is 3.14. The summed E-state index contributed by atoms with van der Waals surface area (Å²) in [5.74, 6) is 0.522. The molecule has 2 aliphatic rings. The van der Waals surface area contributed by atoms with Crippen LogP contribution < -0.4 is 5.32 Å². The highest BCUT2D eigenvalue weighted by atomic mass is 19.4. The van der Waals surface area contributed by atoms with E-state index in [1.54, 1.807) is 6.07 Å². The first-order valence-electron chi connectivity index (χ1n) is 6.58. The van der Waals surface area contributed by atoms with Crippen LogP contribution in [0.4, 0.5) is 13.2 Å². The van der Waals surface area contributed by atoms with Gasteiger partial charge in [0.15, 0.2) is 0 Å². The monoisotopic (exact) mass is 271 g/mol. The maximum atomic E-state index is 13.0. The molecule has 0 bridgehead atoms. The first kappa shape index (κ1) is 12.9. The summed E-state index contributed by atoms with van der Waals surface area (Å²) in [6.45, 7) is 1.19. The van der Waals surface area contributed by atoms with Crippen molar-refractivity contribution in [1.82, 2.24) is 5.32 Å². The van der Waals surface area contributed by atoms with Crippen LogP contribution in [-0.2, 0) is 10.9 Å². The van der Waals surface area contributed by atoms with E-state index in [1.807, 2.05) is 0 Å².